The predicted octanol–water partition coefficient (Wildman–Crippen LogP) is 0.498. The summed E-state index contributed by atoms with van der Waals surface area (Å²) < 4.78 is 0. The standard InChI is InChI=1S/C18H28N4O2/c1-19-17(23)16-12-21(4)9-10-22(13-16)18(24)15-7-5-14(6-8-15)11-20(2)3/h5-8,16H,9-13H2,1-4H3,(H,19,23)/t16-/m1/s1. The monoisotopic (exact) mass is 332 g/mol. The number of likely N-dealkylation sites (N-methyl/N-ethyl adjacent to an activating group) is 1. The molecule has 6 heteroatoms. The van der Waals surface area contributed by atoms with Gasteiger partial charge < -0.3 is 20.0 Å². The topological polar surface area (TPSA) is 55.9 Å². The van der Waals surface area contributed by atoms with Crippen LogP contribution in [-0.4, -0.2) is 80.9 Å². The van der Waals surface area contributed by atoms with Gasteiger partial charge in [0.25, 0.3) is 5.91 Å². The molecular weight excluding hydrogens is 304 g/mol. The summed E-state index contributed by atoms with van der Waals surface area (Å²) >= 11 is 0. The van der Waals surface area contributed by atoms with Crippen LogP contribution in [0.2, 0.25) is 0 Å². The summed E-state index contributed by atoms with van der Waals surface area (Å²) in [6.07, 6.45) is 0. The Labute approximate surface area is 144 Å². The Bertz CT molecular complexity index is 571. The SMILES string of the molecule is CNC(=O)[C@@H]1CN(C)CCN(C(=O)c2ccc(CN(C)C)cc2)C1. The third-order valence-corrected chi connectivity index (χ3v) is 4.33. The Morgan fingerprint density at radius 1 is 1.17 bits per heavy atom. The van der Waals surface area contributed by atoms with Gasteiger partial charge in [0.2, 0.25) is 5.91 Å². The second kappa shape index (κ2) is 8.26. The fourth-order valence-electron chi connectivity index (χ4n) is 3.03. The molecule has 0 aliphatic carbocycles. The second-order valence-electron chi connectivity index (χ2n) is 6.76. The molecule has 1 aliphatic rings. The zero-order valence-electron chi connectivity index (χ0n) is 15.1. The van der Waals surface area contributed by atoms with Gasteiger partial charge >= 0.3 is 0 Å². The molecule has 1 N–H and O–H groups in total. The predicted molar refractivity (Wildman–Crippen MR) is 94.8 cm³/mol. The van der Waals surface area contributed by atoms with Crippen molar-refractivity contribution in [1.82, 2.24) is 20.0 Å². The number of carbonyl (C=O) groups is 2. The fraction of sp³-hybridized carbons (Fsp3) is 0.556. The zero-order valence-corrected chi connectivity index (χ0v) is 15.1. The molecule has 0 spiro atoms. The van der Waals surface area contributed by atoms with Crippen molar-refractivity contribution >= 4 is 11.8 Å². The molecule has 1 fully saturated rings. The fourth-order valence-corrected chi connectivity index (χ4v) is 3.03. The molecule has 0 unspecified atom stereocenters. The maximum absolute atomic E-state index is 12.8. The van der Waals surface area contributed by atoms with E-state index in [-0.39, 0.29) is 17.7 Å². The van der Waals surface area contributed by atoms with Gasteiger partial charge in [0.15, 0.2) is 0 Å². The van der Waals surface area contributed by atoms with E-state index in [9.17, 15) is 9.59 Å². The zero-order chi connectivity index (χ0) is 17.7. The van der Waals surface area contributed by atoms with Gasteiger partial charge in [-0.3, -0.25) is 9.59 Å². The highest BCUT2D eigenvalue weighted by Crippen LogP contribution is 2.14. The van der Waals surface area contributed by atoms with Crippen LogP contribution in [0.3, 0.4) is 0 Å². The van der Waals surface area contributed by atoms with Gasteiger partial charge in [-0.1, -0.05) is 12.1 Å². The number of rotatable bonds is 4. The first-order chi connectivity index (χ1) is 11.4. The minimum atomic E-state index is -0.195. The molecule has 2 rings (SSSR count). The molecule has 1 atom stereocenters. The average molecular weight is 332 g/mol. The van der Waals surface area contributed by atoms with Gasteiger partial charge in [0.05, 0.1) is 5.92 Å². The Hall–Kier alpha value is -1.92. The summed E-state index contributed by atoms with van der Waals surface area (Å²) in [6.45, 7) is 3.40. The highest BCUT2D eigenvalue weighted by molar-refractivity contribution is 5.94. The van der Waals surface area contributed by atoms with Gasteiger partial charge in [-0.15, -0.1) is 0 Å². The van der Waals surface area contributed by atoms with E-state index in [0.717, 1.165) is 13.1 Å². The van der Waals surface area contributed by atoms with E-state index in [2.05, 4.69) is 15.1 Å². The Morgan fingerprint density at radius 3 is 2.42 bits per heavy atom. The van der Waals surface area contributed by atoms with Crippen molar-refractivity contribution in [1.29, 1.82) is 0 Å². The smallest absolute Gasteiger partial charge is 0.253 e. The quantitative estimate of drug-likeness (QED) is 0.872. The number of hydrogen-bond acceptors (Lipinski definition) is 4. The second-order valence-corrected chi connectivity index (χ2v) is 6.76. The highest BCUT2D eigenvalue weighted by Gasteiger charge is 2.28. The summed E-state index contributed by atoms with van der Waals surface area (Å²) in [6, 6.07) is 7.75. The first kappa shape index (κ1) is 18.4. The van der Waals surface area contributed by atoms with E-state index in [0.29, 0.717) is 25.2 Å². The van der Waals surface area contributed by atoms with E-state index in [1.165, 1.54) is 5.56 Å². The van der Waals surface area contributed by atoms with Crippen molar-refractivity contribution in [2.45, 2.75) is 6.54 Å². The van der Waals surface area contributed by atoms with Crippen LogP contribution in [0.15, 0.2) is 24.3 Å². The van der Waals surface area contributed by atoms with Crippen LogP contribution < -0.4 is 5.32 Å². The summed E-state index contributed by atoms with van der Waals surface area (Å²) in [5.41, 5.74) is 1.85. The molecule has 1 heterocycles. The molecule has 132 valence electrons. The van der Waals surface area contributed by atoms with Crippen molar-refractivity contribution < 1.29 is 9.59 Å². The average Bonchev–Trinajstić information content (AvgIpc) is 2.75. The Balaban J connectivity index is 2.10. The van der Waals surface area contributed by atoms with Crippen LogP contribution >= 0.6 is 0 Å². The molecule has 2 amide bonds. The van der Waals surface area contributed by atoms with Crippen LogP contribution in [0.1, 0.15) is 15.9 Å². The third kappa shape index (κ3) is 4.79. The lowest BCUT2D eigenvalue weighted by atomic mass is 10.1. The molecule has 0 aromatic heterocycles. The lowest BCUT2D eigenvalue weighted by Crippen LogP contribution is -2.41. The summed E-state index contributed by atoms with van der Waals surface area (Å²) in [4.78, 5) is 30.8. The van der Waals surface area contributed by atoms with Crippen LogP contribution in [0.4, 0.5) is 0 Å². The third-order valence-electron chi connectivity index (χ3n) is 4.33. The molecule has 24 heavy (non-hydrogen) atoms. The van der Waals surface area contributed by atoms with Crippen molar-refractivity contribution in [2.75, 3.05) is 54.4 Å². The summed E-state index contributed by atoms with van der Waals surface area (Å²) in [7, 11) is 7.67. The van der Waals surface area contributed by atoms with Gasteiger partial charge in [-0.05, 0) is 38.8 Å². The maximum atomic E-state index is 12.8. The number of hydrogen-bond donors (Lipinski definition) is 1. The van der Waals surface area contributed by atoms with Crippen LogP contribution in [0.5, 0.6) is 0 Å². The molecular formula is C18H28N4O2. The number of amides is 2. The number of nitrogens with zero attached hydrogens (tertiary/aromatic N) is 3. The van der Waals surface area contributed by atoms with Gasteiger partial charge in [-0.2, -0.15) is 0 Å². The van der Waals surface area contributed by atoms with E-state index in [1.54, 1.807) is 11.9 Å². The molecule has 6 nitrogen and oxygen atoms in total. The summed E-state index contributed by atoms with van der Waals surface area (Å²) in [5.74, 6) is -0.210. The number of benzene rings is 1. The minimum Gasteiger partial charge on any atom is -0.359 e. The minimum absolute atomic E-state index is 0.00407. The van der Waals surface area contributed by atoms with Gasteiger partial charge in [0.1, 0.15) is 0 Å². The summed E-state index contributed by atoms with van der Waals surface area (Å²) in [5, 5.41) is 2.70. The van der Waals surface area contributed by atoms with Crippen LogP contribution in [-0.2, 0) is 11.3 Å². The molecule has 1 aliphatic heterocycles. The lowest BCUT2D eigenvalue weighted by molar-refractivity contribution is -0.125. The van der Waals surface area contributed by atoms with Crippen molar-refractivity contribution in [3.8, 4) is 0 Å². The van der Waals surface area contributed by atoms with E-state index in [4.69, 9.17) is 0 Å². The first-order valence-electron chi connectivity index (χ1n) is 8.33. The molecule has 1 saturated heterocycles. The number of nitrogens with one attached hydrogen (secondary N) is 1. The molecule has 0 bridgehead atoms. The van der Waals surface area contributed by atoms with Crippen molar-refractivity contribution in [2.24, 2.45) is 5.92 Å². The Morgan fingerprint density at radius 2 is 1.83 bits per heavy atom. The highest BCUT2D eigenvalue weighted by atomic mass is 16.2. The largest absolute Gasteiger partial charge is 0.359 e. The Kier molecular flexibility index (Phi) is 6.34. The molecule has 0 radical (unpaired) electrons. The maximum Gasteiger partial charge on any atom is 0.253 e. The normalized spacial score (nSPS) is 19.2. The molecule has 1 aromatic rings. The van der Waals surface area contributed by atoms with Gasteiger partial charge in [-0.25, -0.2) is 0 Å². The van der Waals surface area contributed by atoms with Gasteiger partial charge in [0, 0.05) is 45.3 Å². The van der Waals surface area contributed by atoms with E-state index < -0.39 is 0 Å². The van der Waals surface area contributed by atoms with E-state index in [1.807, 2.05) is 45.4 Å². The van der Waals surface area contributed by atoms with Crippen molar-refractivity contribution in [3.63, 3.8) is 0 Å². The van der Waals surface area contributed by atoms with Crippen LogP contribution in [0.25, 0.3) is 0 Å². The van der Waals surface area contributed by atoms with Crippen molar-refractivity contribution in [3.05, 3.63) is 35.4 Å². The van der Waals surface area contributed by atoms with E-state index >= 15 is 0 Å². The molecule has 0 saturated carbocycles. The first-order valence-corrected chi connectivity index (χ1v) is 8.33. The number of carbonyl (C=O) groups excluding carboxylic acids is 2. The van der Waals surface area contributed by atoms with Crippen LogP contribution in [0, 0.1) is 5.92 Å². The lowest BCUT2D eigenvalue weighted by Gasteiger charge is -2.23. The molecule has 1 aromatic carbocycles.